The Balaban J connectivity index is 2.19. The molecule has 86 valence electrons. The fraction of sp³-hybridized carbons (Fsp3) is 0.273. The summed E-state index contributed by atoms with van der Waals surface area (Å²) in [6, 6.07) is 8.66. The number of carbonyl (C=O) groups is 2. The van der Waals surface area contributed by atoms with Gasteiger partial charge in [0.2, 0.25) is 0 Å². The van der Waals surface area contributed by atoms with E-state index in [1.807, 2.05) is 6.07 Å². The quantitative estimate of drug-likeness (QED) is 0.452. The van der Waals surface area contributed by atoms with E-state index < -0.39 is 11.4 Å². The van der Waals surface area contributed by atoms with Crippen LogP contribution >= 0.6 is 11.6 Å². The highest BCUT2D eigenvalue weighted by Gasteiger charge is 2.05. The van der Waals surface area contributed by atoms with Crippen LogP contribution in [0.3, 0.4) is 0 Å². The number of benzene rings is 1. The van der Waals surface area contributed by atoms with Crippen molar-refractivity contribution in [3.05, 3.63) is 35.9 Å². The number of hydrogen-bond donors (Lipinski definition) is 0. The first-order valence-corrected chi connectivity index (χ1v) is 5.12. The SMILES string of the molecule is O=C(Cl)OCCCOC(=O)c1ccccc1. The minimum Gasteiger partial charge on any atom is -0.462 e. The molecule has 0 heterocycles. The zero-order valence-electron chi connectivity index (χ0n) is 8.52. The molecule has 0 bridgehead atoms. The van der Waals surface area contributed by atoms with E-state index in [2.05, 4.69) is 4.74 Å². The van der Waals surface area contributed by atoms with Gasteiger partial charge >= 0.3 is 11.4 Å². The fourth-order valence-electron chi connectivity index (χ4n) is 1.03. The molecule has 1 rings (SSSR count). The van der Waals surface area contributed by atoms with Crippen LogP contribution in [0.4, 0.5) is 4.79 Å². The van der Waals surface area contributed by atoms with E-state index in [1.54, 1.807) is 24.3 Å². The largest absolute Gasteiger partial charge is 0.462 e. The van der Waals surface area contributed by atoms with Gasteiger partial charge in [-0.3, -0.25) is 0 Å². The molecule has 0 N–H and O–H groups in total. The molecular formula is C11H11ClO4. The lowest BCUT2D eigenvalue weighted by Gasteiger charge is -2.04. The molecule has 0 spiro atoms. The molecule has 0 atom stereocenters. The minimum absolute atomic E-state index is 0.143. The van der Waals surface area contributed by atoms with Gasteiger partial charge in [-0.2, -0.15) is 0 Å². The molecule has 0 saturated carbocycles. The van der Waals surface area contributed by atoms with E-state index in [9.17, 15) is 9.59 Å². The summed E-state index contributed by atoms with van der Waals surface area (Å²) in [5.41, 5.74) is -0.355. The highest BCUT2D eigenvalue weighted by molar-refractivity contribution is 6.61. The van der Waals surface area contributed by atoms with Gasteiger partial charge in [-0.1, -0.05) is 18.2 Å². The minimum atomic E-state index is -0.852. The molecule has 0 aliphatic carbocycles. The molecule has 1 aromatic carbocycles. The molecule has 0 aliphatic rings. The maximum absolute atomic E-state index is 11.4. The summed E-state index contributed by atoms with van der Waals surface area (Å²) in [5.74, 6) is -0.391. The third-order valence-electron chi connectivity index (χ3n) is 1.75. The second-order valence-electron chi connectivity index (χ2n) is 2.94. The molecule has 0 amide bonds. The molecule has 0 fully saturated rings. The first-order valence-electron chi connectivity index (χ1n) is 4.74. The summed E-state index contributed by atoms with van der Waals surface area (Å²) < 4.78 is 9.40. The fourth-order valence-corrected chi connectivity index (χ4v) is 1.11. The van der Waals surface area contributed by atoms with Crippen molar-refractivity contribution < 1.29 is 19.1 Å². The zero-order chi connectivity index (χ0) is 11.8. The summed E-state index contributed by atoms with van der Waals surface area (Å²) in [4.78, 5) is 21.6. The number of carbonyl (C=O) groups excluding carboxylic acids is 2. The number of hydrogen-bond acceptors (Lipinski definition) is 4. The molecule has 0 unspecified atom stereocenters. The molecule has 0 saturated heterocycles. The normalized spacial score (nSPS) is 9.56. The summed E-state index contributed by atoms with van der Waals surface area (Å²) in [6.07, 6.45) is 0.428. The zero-order valence-corrected chi connectivity index (χ0v) is 9.27. The molecule has 16 heavy (non-hydrogen) atoms. The number of halogens is 1. The Morgan fingerprint density at radius 1 is 1.06 bits per heavy atom. The van der Waals surface area contributed by atoms with E-state index in [-0.39, 0.29) is 13.2 Å². The van der Waals surface area contributed by atoms with Crippen molar-refractivity contribution in [2.45, 2.75) is 6.42 Å². The van der Waals surface area contributed by atoms with Crippen LogP contribution in [0.1, 0.15) is 16.8 Å². The second-order valence-corrected chi connectivity index (χ2v) is 3.25. The average Bonchev–Trinajstić information content (AvgIpc) is 2.29. The third-order valence-corrected chi connectivity index (χ3v) is 1.86. The summed E-state index contributed by atoms with van der Waals surface area (Å²) in [7, 11) is 0. The van der Waals surface area contributed by atoms with Crippen molar-refractivity contribution in [1.29, 1.82) is 0 Å². The van der Waals surface area contributed by atoms with E-state index >= 15 is 0 Å². The maximum atomic E-state index is 11.4. The van der Waals surface area contributed by atoms with Gasteiger partial charge in [-0.15, -0.1) is 0 Å². The Morgan fingerprint density at radius 3 is 2.31 bits per heavy atom. The van der Waals surface area contributed by atoms with Gasteiger partial charge in [0, 0.05) is 18.0 Å². The van der Waals surface area contributed by atoms with Gasteiger partial charge in [-0.25, -0.2) is 9.59 Å². The molecular weight excluding hydrogens is 232 g/mol. The Kier molecular flexibility index (Phi) is 5.36. The van der Waals surface area contributed by atoms with Gasteiger partial charge < -0.3 is 9.47 Å². The van der Waals surface area contributed by atoms with E-state index in [0.29, 0.717) is 12.0 Å². The summed E-state index contributed by atoms with van der Waals surface area (Å²) >= 11 is 4.95. The van der Waals surface area contributed by atoms with Crippen molar-refractivity contribution in [3.8, 4) is 0 Å². The van der Waals surface area contributed by atoms with Crippen molar-refractivity contribution in [2.24, 2.45) is 0 Å². The Bertz CT molecular complexity index is 350. The van der Waals surface area contributed by atoms with Gasteiger partial charge in [0.25, 0.3) is 0 Å². The van der Waals surface area contributed by atoms with Crippen LogP contribution in [-0.4, -0.2) is 24.6 Å². The van der Waals surface area contributed by atoms with E-state index in [4.69, 9.17) is 16.3 Å². The highest BCUT2D eigenvalue weighted by Crippen LogP contribution is 2.01. The molecule has 0 aromatic heterocycles. The first-order chi connectivity index (χ1) is 7.70. The molecule has 0 aliphatic heterocycles. The van der Waals surface area contributed by atoms with Crippen molar-refractivity contribution >= 4 is 23.0 Å². The molecule has 5 heteroatoms. The molecule has 1 aromatic rings. The molecule has 4 nitrogen and oxygen atoms in total. The monoisotopic (exact) mass is 242 g/mol. The predicted molar refractivity (Wildman–Crippen MR) is 58.5 cm³/mol. The van der Waals surface area contributed by atoms with Gasteiger partial charge in [-0.05, 0) is 12.1 Å². The standard InChI is InChI=1S/C11H11ClO4/c12-11(14)16-8-4-7-15-10(13)9-5-2-1-3-6-9/h1-3,5-6H,4,7-8H2. The Hall–Kier alpha value is -1.55. The van der Waals surface area contributed by atoms with Crippen LogP contribution in [0, 0.1) is 0 Å². The summed E-state index contributed by atoms with van der Waals surface area (Å²) in [6.45, 7) is 0.336. The second kappa shape index (κ2) is 6.85. The van der Waals surface area contributed by atoms with Crippen molar-refractivity contribution in [2.75, 3.05) is 13.2 Å². The molecule has 0 radical (unpaired) electrons. The highest BCUT2D eigenvalue weighted by atomic mass is 35.5. The number of rotatable bonds is 5. The van der Waals surface area contributed by atoms with Crippen LogP contribution in [0.25, 0.3) is 0 Å². The first kappa shape index (κ1) is 12.5. The third kappa shape index (κ3) is 4.79. The smallest absolute Gasteiger partial charge is 0.403 e. The number of ether oxygens (including phenoxy) is 2. The van der Waals surface area contributed by atoms with Gasteiger partial charge in [0.15, 0.2) is 0 Å². The van der Waals surface area contributed by atoms with Gasteiger partial charge in [0.05, 0.1) is 18.8 Å². The lowest BCUT2D eigenvalue weighted by molar-refractivity contribution is 0.0479. The number of esters is 1. The van der Waals surface area contributed by atoms with Crippen molar-refractivity contribution in [1.82, 2.24) is 0 Å². The van der Waals surface area contributed by atoms with E-state index in [0.717, 1.165) is 0 Å². The predicted octanol–water partition coefficient (Wildman–Crippen LogP) is 2.61. The Morgan fingerprint density at radius 2 is 1.69 bits per heavy atom. The maximum Gasteiger partial charge on any atom is 0.403 e. The van der Waals surface area contributed by atoms with Crippen LogP contribution in [0.2, 0.25) is 0 Å². The van der Waals surface area contributed by atoms with Crippen LogP contribution < -0.4 is 0 Å². The summed E-state index contributed by atoms with van der Waals surface area (Å²) in [5, 5.41) is 0. The van der Waals surface area contributed by atoms with Crippen LogP contribution in [0.5, 0.6) is 0 Å². The van der Waals surface area contributed by atoms with Crippen LogP contribution in [-0.2, 0) is 9.47 Å². The van der Waals surface area contributed by atoms with E-state index in [1.165, 1.54) is 0 Å². The average molecular weight is 243 g/mol. The topological polar surface area (TPSA) is 52.6 Å². The van der Waals surface area contributed by atoms with Crippen LogP contribution in [0.15, 0.2) is 30.3 Å². The lowest BCUT2D eigenvalue weighted by Crippen LogP contribution is -2.08. The lowest BCUT2D eigenvalue weighted by atomic mass is 10.2. The van der Waals surface area contributed by atoms with Gasteiger partial charge in [0.1, 0.15) is 0 Å². The van der Waals surface area contributed by atoms with Crippen molar-refractivity contribution in [3.63, 3.8) is 0 Å². The Labute approximate surface area is 98.1 Å².